The highest BCUT2D eigenvalue weighted by Crippen LogP contribution is 2.32. The standard InChI is InChI=1S/C24H22N2O2/c1-3-28-24(27)21-11-7-10-18(25-21)15-20-19-13-12-16(2)14-22(19)26-23(20)17-8-5-4-6-9-17/h4-14,26H,3,15H2,1-2H3. The first-order chi connectivity index (χ1) is 13.7. The van der Waals surface area contributed by atoms with E-state index in [0.717, 1.165) is 22.5 Å². The number of aryl methyl sites for hydroxylation is 1. The van der Waals surface area contributed by atoms with Crippen molar-refractivity contribution in [3.05, 3.63) is 89.2 Å². The molecule has 0 spiro atoms. The molecular weight excluding hydrogens is 348 g/mol. The number of aromatic amines is 1. The van der Waals surface area contributed by atoms with Crippen LogP contribution in [0.5, 0.6) is 0 Å². The van der Waals surface area contributed by atoms with Gasteiger partial charge in [-0.05, 0) is 48.7 Å². The third-order valence-corrected chi connectivity index (χ3v) is 4.77. The van der Waals surface area contributed by atoms with Crippen LogP contribution in [0.1, 0.15) is 34.2 Å². The van der Waals surface area contributed by atoms with Crippen LogP contribution in [0.2, 0.25) is 0 Å². The lowest BCUT2D eigenvalue weighted by atomic mass is 10.0. The Morgan fingerprint density at radius 3 is 2.64 bits per heavy atom. The van der Waals surface area contributed by atoms with E-state index >= 15 is 0 Å². The van der Waals surface area contributed by atoms with Gasteiger partial charge in [0.15, 0.2) is 0 Å². The number of nitrogens with zero attached hydrogens (tertiary/aromatic N) is 1. The highest BCUT2D eigenvalue weighted by molar-refractivity contribution is 5.91. The molecule has 4 rings (SSSR count). The second-order valence-electron chi connectivity index (χ2n) is 6.81. The quantitative estimate of drug-likeness (QED) is 0.485. The van der Waals surface area contributed by atoms with Crippen LogP contribution in [-0.4, -0.2) is 22.5 Å². The number of nitrogens with one attached hydrogen (secondary N) is 1. The fraction of sp³-hybridized carbons (Fsp3) is 0.167. The van der Waals surface area contributed by atoms with E-state index in [-0.39, 0.29) is 5.97 Å². The lowest BCUT2D eigenvalue weighted by Crippen LogP contribution is -2.08. The number of fused-ring (bicyclic) bond motifs is 1. The second kappa shape index (κ2) is 7.69. The van der Waals surface area contributed by atoms with Crippen LogP contribution >= 0.6 is 0 Å². The number of benzene rings is 2. The summed E-state index contributed by atoms with van der Waals surface area (Å²) < 4.78 is 5.09. The SMILES string of the molecule is CCOC(=O)c1cccc(Cc2c(-c3ccccc3)[nH]c3cc(C)ccc23)n1. The number of carbonyl (C=O) groups is 1. The number of aromatic nitrogens is 2. The summed E-state index contributed by atoms with van der Waals surface area (Å²) >= 11 is 0. The van der Waals surface area contributed by atoms with Crippen LogP contribution in [0, 0.1) is 6.92 Å². The number of rotatable bonds is 5. The van der Waals surface area contributed by atoms with Gasteiger partial charge >= 0.3 is 5.97 Å². The molecule has 0 saturated carbocycles. The minimum Gasteiger partial charge on any atom is -0.461 e. The zero-order chi connectivity index (χ0) is 19.5. The Labute approximate surface area is 164 Å². The van der Waals surface area contributed by atoms with E-state index < -0.39 is 0 Å². The van der Waals surface area contributed by atoms with Gasteiger partial charge in [0.25, 0.3) is 0 Å². The maximum Gasteiger partial charge on any atom is 0.356 e. The minimum absolute atomic E-state index is 0.338. The van der Waals surface area contributed by atoms with Gasteiger partial charge in [-0.15, -0.1) is 0 Å². The van der Waals surface area contributed by atoms with E-state index in [0.29, 0.717) is 18.7 Å². The number of esters is 1. The number of carbonyl (C=O) groups excluding carboxylic acids is 1. The van der Waals surface area contributed by atoms with Crippen molar-refractivity contribution in [2.24, 2.45) is 0 Å². The van der Waals surface area contributed by atoms with Crippen LogP contribution in [0.15, 0.2) is 66.7 Å². The Morgan fingerprint density at radius 1 is 1.04 bits per heavy atom. The Balaban J connectivity index is 1.80. The van der Waals surface area contributed by atoms with Gasteiger partial charge in [-0.3, -0.25) is 0 Å². The molecule has 28 heavy (non-hydrogen) atoms. The van der Waals surface area contributed by atoms with Gasteiger partial charge in [-0.1, -0.05) is 48.5 Å². The summed E-state index contributed by atoms with van der Waals surface area (Å²) in [4.78, 5) is 20.2. The molecular formula is C24H22N2O2. The minimum atomic E-state index is -0.387. The summed E-state index contributed by atoms with van der Waals surface area (Å²) in [5.74, 6) is -0.387. The first-order valence-electron chi connectivity index (χ1n) is 9.45. The number of hydrogen-bond acceptors (Lipinski definition) is 3. The maximum atomic E-state index is 12.0. The molecule has 0 amide bonds. The summed E-state index contributed by atoms with van der Waals surface area (Å²) in [7, 11) is 0. The van der Waals surface area contributed by atoms with Crippen molar-refractivity contribution in [2.45, 2.75) is 20.3 Å². The molecule has 0 unspecified atom stereocenters. The molecule has 2 aromatic heterocycles. The van der Waals surface area contributed by atoms with E-state index in [1.165, 1.54) is 16.5 Å². The molecule has 4 heteroatoms. The lowest BCUT2D eigenvalue weighted by Gasteiger charge is -2.07. The summed E-state index contributed by atoms with van der Waals surface area (Å²) in [5.41, 5.74) is 6.89. The largest absolute Gasteiger partial charge is 0.461 e. The smallest absolute Gasteiger partial charge is 0.356 e. The molecule has 2 aromatic carbocycles. The fourth-order valence-electron chi connectivity index (χ4n) is 3.48. The monoisotopic (exact) mass is 370 g/mol. The first-order valence-corrected chi connectivity index (χ1v) is 9.45. The molecule has 0 fully saturated rings. The molecule has 0 aliphatic rings. The summed E-state index contributed by atoms with van der Waals surface area (Å²) in [6, 6.07) is 22.2. The predicted octanol–water partition coefficient (Wildman–Crippen LogP) is 5.31. The topological polar surface area (TPSA) is 55.0 Å². The second-order valence-corrected chi connectivity index (χ2v) is 6.81. The van der Waals surface area contributed by atoms with E-state index in [2.05, 4.69) is 47.2 Å². The molecule has 0 aliphatic carbocycles. The third kappa shape index (κ3) is 3.54. The molecule has 140 valence electrons. The number of pyridine rings is 1. The highest BCUT2D eigenvalue weighted by Gasteiger charge is 2.16. The van der Waals surface area contributed by atoms with Crippen molar-refractivity contribution in [3.63, 3.8) is 0 Å². The normalized spacial score (nSPS) is 10.9. The lowest BCUT2D eigenvalue weighted by molar-refractivity contribution is 0.0519. The van der Waals surface area contributed by atoms with Gasteiger partial charge in [0.1, 0.15) is 5.69 Å². The zero-order valence-corrected chi connectivity index (χ0v) is 16.0. The van der Waals surface area contributed by atoms with Crippen LogP contribution in [0.25, 0.3) is 22.2 Å². The van der Waals surface area contributed by atoms with Crippen molar-refractivity contribution in [1.29, 1.82) is 0 Å². The van der Waals surface area contributed by atoms with Crippen molar-refractivity contribution in [3.8, 4) is 11.3 Å². The van der Waals surface area contributed by atoms with Gasteiger partial charge in [0.2, 0.25) is 0 Å². The number of hydrogen-bond donors (Lipinski definition) is 1. The molecule has 4 nitrogen and oxygen atoms in total. The fourth-order valence-corrected chi connectivity index (χ4v) is 3.48. The van der Waals surface area contributed by atoms with Crippen LogP contribution in [-0.2, 0) is 11.2 Å². The average Bonchev–Trinajstić information content (AvgIpc) is 3.06. The zero-order valence-electron chi connectivity index (χ0n) is 16.0. The Morgan fingerprint density at radius 2 is 1.86 bits per heavy atom. The summed E-state index contributed by atoms with van der Waals surface area (Å²) in [6.45, 7) is 4.22. The molecule has 0 bridgehead atoms. The molecule has 4 aromatic rings. The molecule has 1 N–H and O–H groups in total. The molecule has 2 heterocycles. The van der Waals surface area contributed by atoms with E-state index in [1.54, 1.807) is 13.0 Å². The van der Waals surface area contributed by atoms with Crippen molar-refractivity contribution in [2.75, 3.05) is 6.61 Å². The van der Waals surface area contributed by atoms with Gasteiger partial charge in [-0.2, -0.15) is 0 Å². The molecule has 0 atom stereocenters. The summed E-state index contributed by atoms with van der Waals surface area (Å²) in [5, 5.41) is 1.17. The van der Waals surface area contributed by atoms with Crippen LogP contribution in [0.4, 0.5) is 0 Å². The third-order valence-electron chi connectivity index (χ3n) is 4.77. The summed E-state index contributed by atoms with van der Waals surface area (Å²) in [6.07, 6.45) is 0.626. The van der Waals surface area contributed by atoms with Gasteiger partial charge in [0.05, 0.1) is 12.3 Å². The number of ether oxygens (including phenoxy) is 1. The predicted molar refractivity (Wildman–Crippen MR) is 111 cm³/mol. The Hall–Kier alpha value is -3.40. The van der Waals surface area contributed by atoms with Crippen molar-refractivity contribution < 1.29 is 9.53 Å². The van der Waals surface area contributed by atoms with Crippen molar-refractivity contribution >= 4 is 16.9 Å². The Bertz CT molecular complexity index is 1130. The van der Waals surface area contributed by atoms with E-state index in [4.69, 9.17) is 4.74 Å². The van der Waals surface area contributed by atoms with Crippen LogP contribution < -0.4 is 0 Å². The first kappa shape index (κ1) is 18.0. The van der Waals surface area contributed by atoms with Gasteiger partial charge in [0, 0.05) is 23.0 Å². The molecule has 0 aliphatic heterocycles. The Kier molecular flexibility index (Phi) is 4.94. The van der Waals surface area contributed by atoms with E-state index in [1.807, 2.05) is 30.3 Å². The van der Waals surface area contributed by atoms with Gasteiger partial charge in [-0.25, -0.2) is 9.78 Å². The highest BCUT2D eigenvalue weighted by atomic mass is 16.5. The molecule has 0 radical (unpaired) electrons. The average molecular weight is 370 g/mol. The molecule has 0 saturated heterocycles. The van der Waals surface area contributed by atoms with Gasteiger partial charge < -0.3 is 9.72 Å². The maximum absolute atomic E-state index is 12.0. The van der Waals surface area contributed by atoms with E-state index in [9.17, 15) is 4.79 Å². The van der Waals surface area contributed by atoms with Crippen molar-refractivity contribution in [1.82, 2.24) is 9.97 Å². The van der Waals surface area contributed by atoms with Crippen LogP contribution in [0.3, 0.4) is 0 Å². The number of H-pyrrole nitrogens is 1.